The molecule has 0 aliphatic rings. The molecule has 0 bridgehead atoms. The number of allylic oxidation sites excluding steroid dienone is 2. The SMILES string of the molecule is COCOc1ccc(/C=C/C(=O)C(C)(C)C(=O)/C=C/c2ccc(OCOC)c(Br)c2)cc1Br. The number of methoxy groups -OCH3 is 2. The van der Waals surface area contributed by atoms with Crippen LogP contribution in [0.3, 0.4) is 0 Å². The molecule has 0 unspecified atom stereocenters. The first-order valence-electron chi connectivity index (χ1n) is 9.96. The highest BCUT2D eigenvalue weighted by Gasteiger charge is 2.32. The average molecular weight is 582 g/mol. The molecule has 176 valence electrons. The molecule has 0 heterocycles. The largest absolute Gasteiger partial charge is 0.466 e. The van der Waals surface area contributed by atoms with Crippen molar-refractivity contribution in [1.82, 2.24) is 0 Å². The Morgan fingerprint density at radius 1 is 0.788 bits per heavy atom. The summed E-state index contributed by atoms with van der Waals surface area (Å²) in [5, 5.41) is 0. The topological polar surface area (TPSA) is 71.1 Å². The van der Waals surface area contributed by atoms with Crippen LogP contribution in [0, 0.1) is 5.41 Å². The Bertz CT molecular complexity index is 962. The second-order valence-electron chi connectivity index (χ2n) is 7.50. The molecular weight excluding hydrogens is 556 g/mol. The fourth-order valence-electron chi connectivity index (χ4n) is 2.60. The van der Waals surface area contributed by atoms with Gasteiger partial charge in [0.25, 0.3) is 0 Å². The molecule has 0 saturated carbocycles. The van der Waals surface area contributed by atoms with Gasteiger partial charge >= 0.3 is 0 Å². The third-order valence-electron chi connectivity index (χ3n) is 4.66. The third-order valence-corrected chi connectivity index (χ3v) is 5.90. The van der Waals surface area contributed by atoms with E-state index in [1.54, 1.807) is 52.4 Å². The Kier molecular flexibility index (Phi) is 10.5. The van der Waals surface area contributed by atoms with E-state index >= 15 is 0 Å². The molecule has 2 rings (SSSR count). The van der Waals surface area contributed by atoms with Crippen LogP contribution in [-0.4, -0.2) is 39.4 Å². The van der Waals surface area contributed by atoms with Gasteiger partial charge in [0.1, 0.15) is 11.5 Å². The highest BCUT2D eigenvalue weighted by Crippen LogP contribution is 2.28. The average Bonchev–Trinajstić information content (AvgIpc) is 2.79. The van der Waals surface area contributed by atoms with Crippen molar-refractivity contribution in [3.63, 3.8) is 0 Å². The maximum atomic E-state index is 12.8. The lowest BCUT2D eigenvalue weighted by Crippen LogP contribution is -2.30. The van der Waals surface area contributed by atoms with Gasteiger partial charge < -0.3 is 18.9 Å². The van der Waals surface area contributed by atoms with Gasteiger partial charge in [0.15, 0.2) is 25.2 Å². The molecule has 0 atom stereocenters. The van der Waals surface area contributed by atoms with Crippen molar-refractivity contribution >= 4 is 55.6 Å². The predicted molar refractivity (Wildman–Crippen MR) is 135 cm³/mol. The van der Waals surface area contributed by atoms with Crippen LogP contribution in [0.2, 0.25) is 0 Å². The fraction of sp³-hybridized carbons (Fsp3) is 0.280. The quantitative estimate of drug-likeness (QED) is 0.172. The van der Waals surface area contributed by atoms with E-state index in [1.165, 1.54) is 12.2 Å². The van der Waals surface area contributed by atoms with E-state index in [-0.39, 0.29) is 25.2 Å². The predicted octanol–water partition coefficient (Wildman–Crippen LogP) is 6.07. The van der Waals surface area contributed by atoms with Crippen molar-refractivity contribution in [2.45, 2.75) is 13.8 Å². The van der Waals surface area contributed by atoms with Crippen LogP contribution in [-0.2, 0) is 19.1 Å². The first-order valence-corrected chi connectivity index (χ1v) is 11.5. The lowest BCUT2D eigenvalue weighted by Gasteiger charge is -2.17. The molecule has 6 nitrogen and oxygen atoms in total. The second kappa shape index (κ2) is 12.8. The molecule has 0 saturated heterocycles. The van der Waals surface area contributed by atoms with Crippen LogP contribution in [0.5, 0.6) is 11.5 Å². The van der Waals surface area contributed by atoms with Crippen molar-refractivity contribution in [2.24, 2.45) is 5.41 Å². The van der Waals surface area contributed by atoms with Gasteiger partial charge in [-0.2, -0.15) is 0 Å². The number of halogens is 2. The van der Waals surface area contributed by atoms with Gasteiger partial charge in [-0.05, 0) is 93.3 Å². The van der Waals surface area contributed by atoms with Gasteiger partial charge in [0.05, 0.1) is 14.4 Å². The highest BCUT2D eigenvalue weighted by atomic mass is 79.9. The minimum atomic E-state index is -1.20. The summed E-state index contributed by atoms with van der Waals surface area (Å²) in [7, 11) is 3.09. The molecule has 0 aliphatic carbocycles. The molecule has 0 radical (unpaired) electrons. The number of ether oxygens (including phenoxy) is 4. The molecule has 33 heavy (non-hydrogen) atoms. The molecule has 8 heteroatoms. The lowest BCUT2D eigenvalue weighted by molar-refractivity contribution is -0.132. The molecule has 0 fully saturated rings. The van der Waals surface area contributed by atoms with E-state index in [4.69, 9.17) is 18.9 Å². The van der Waals surface area contributed by atoms with E-state index in [9.17, 15) is 9.59 Å². The Morgan fingerprint density at radius 2 is 1.18 bits per heavy atom. The van der Waals surface area contributed by atoms with Gasteiger partial charge in [-0.1, -0.05) is 24.3 Å². The summed E-state index contributed by atoms with van der Waals surface area (Å²) >= 11 is 6.86. The van der Waals surface area contributed by atoms with E-state index < -0.39 is 5.41 Å². The van der Waals surface area contributed by atoms with Crippen molar-refractivity contribution in [3.05, 3.63) is 68.6 Å². The zero-order valence-electron chi connectivity index (χ0n) is 18.9. The number of carbonyl (C=O) groups excluding carboxylic acids is 2. The lowest BCUT2D eigenvalue weighted by atomic mass is 9.82. The van der Waals surface area contributed by atoms with Gasteiger partial charge in [-0.15, -0.1) is 0 Å². The smallest absolute Gasteiger partial charge is 0.188 e. The molecular formula is C25H26Br2O6. The first-order chi connectivity index (χ1) is 15.7. The highest BCUT2D eigenvalue weighted by molar-refractivity contribution is 9.10. The third kappa shape index (κ3) is 7.92. The molecule has 0 amide bonds. The summed E-state index contributed by atoms with van der Waals surface area (Å²) in [6.07, 6.45) is 6.17. The monoisotopic (exact) mass is 580 g/mol. The van der Waals surface area contributed by atoms with Crippen LogP contribution in [0.1, 0.15) is 25.0 Å². The zero-order chi connectivity index (χ0) is 24.4. The van der Waals surface area contributed by atoms with E-state index in [0.717, 1.165) is 20.1 Å². The minimum absolute atomic E-state index is 0.138. The van der Waals surface area contributed by atoms with Crippen LogP contribution >= 0.6 is 31.9 Å². The molecule has 0 aliphatic heterocycles. The normalized spacial score (nSPS) is 11.8. The second-order valence-corrected chi connectivity index (χ2v) is 9.21. The number of hydrogen-bond donors (Lipinski definition) is 0. The number of carbonyl (C=O) groups is 2. The summed E-state index contributed by atoms with van der Waals surface area (Å²) in [4.78, 5) is 25.5. The first kappa shape index (κ1) is 27.0. The number of ketones is 2. The van der Waals surface area contributed by atoms with Crippen molar-refractivity contribution in [3.8, 4) is 11.5 Å². The molecule has 2 aromatic rings. The summed E-state index contributed by atoms with van der Waals surface area (Å²) in [6.45, 7) is 3.50. The molecule has 0 N–H and O–H groups in total. The van der Waals surface area contributed by atoms with E-state index in [0.29, 0.717) is 11.5 Å². The summed E-state index contributed by atoms with van der Waals surface area (Å²) < 4.78 is 22.1. The maximum absolute atomic E-state index is 12.8. The van der Waals surface area contributed by atoms with Crippen molar-refractivity contribution < 1.29 is 28.5 Å². The Hall–Kier alpha value is -2.26. The van der Waals surface area contributed by atoms with Crippen LogP contribution in [0.4, 0.5) is 0 Å². The van der Waals surface area contributed by atoms with Gasteiger partial charge in [-0.3, -0.25) is 9.59 Å². The Balaban J connectivity index is 2.06. The number of hydrogen-bond acceptors (Lipinski definition) is 6. The zero-order valence-corrected chi connectivity index (χ0v) is 22.1. The van der Waals surface area contributed by atoms with Crippen LogP contribution in [0.25, 0.3) is 12.2 Å². The van der Waals surface area contributed by atoms with Gasteiger partial charge in [-0.25, -0.2) is 0 Å². The minimum Gasteiger partial charge on any atom is -0.466 e. The standard InChI is InChI=1S/C25H26Br2O6/c1-25(2,23(28)11-7-17-5-9-21(19(26)13-17)32-15-30-3)24(29)12-8-18-6-10-22(20(27)14-18)33-16-31-4/h5-14H,15-16H2,1-4H3/b11-7+,12-8+. The van der Waals surface area contributed by atoms with Gasteiger partial charge in [0.2, 0.25) is 0 Å². The fourth-order valence-corrected chi connectivity index (χ4v) is 3.62. The number of rotatable bonds is 12. The Morgan fingerprint density at radius 3 is 1.52 bits per heavy atom. The van der Waals surface area contributed by atoms with Crippen molar-refractivity contribution in [1.29, 1.82) is 0 Å². The van der Waals surface area contributed by atoms with Crippen LogP contribution < -0.4 is 9.47 Å². The van der Waals surface area contributed by atoms with E-state index in [1.807, 2.05) is 24.3 Å². The summed E-state index contributed by atoms with van der Waals surface area (Å²) in [5.41, 5.74) is 0.378. The molecule has 0 aromatic heterocycles. The van der Waals surface area contributed by atoms with E-state index in [2.05, 4.69) is 31.9 Å². The number of benzene rings is 2. The summed E-state index contributed by atoms with van der Waals surface area (Å²) in [5.74, 6) is 0.673. The van der Waals surface area contributed by atoms with Gasteiger partial charge in [0, 0.05) is 14.2 Å². The van der Waals surface area contributed by atoms with Crippen LogP contribution in [0.15, 0.2) is 57.5 Å². The Labute approximate surface area is 210 Å². The summed E-state index contributed by atoms with van der Waals surface area (Å²) in [6, 6.07) is 10.8. The van der Waals surface area contributed by atoms with Crippen molar-refractivity contribution in [2.75, 3.05) is 27.8 Å². The maximum Gasteiger partial charge on any atom is 0.188 e. The molecule has 2 aromatic carbocycles. The molecule has 0 spiro atoms.